The van der Waals surface area contributed by atoms with E-state index in [2.05, 4.69) is 4.98 Å². The molecule has 2 aromatic rings. The van der Waals surface area contributed by atoms with Gasteiger partial charge in [-0.2, -0.15) is 0 Å². The SMILES string of the molecule is CCOc1c(F)cccc1C(=O)N(C)Cc1cnc(CC)s1. The van der Waals surface area contributed by atoms with Crippen LogP contribution >= 0.6 is 11.3 Å². The summed E-state index contributed by atoms with van der Waals surface area (Å²) in [7, 11) is 1.69. The summed E-state index contributed by atoms with van der Waals surface area (Å²) in [5.74, 6) is -0.776. The van der Waals surface area contributed by atoms with Crippen LogP contribution < -0.4 is 4.74 Å². The van der Waals surface area contributed by atoms with E-state index in [0.29, 0.717) is 13.2 Å². The number of aromatic nitrogens is 1. The minimum absolute atomic E-state index is 0.0143. The van der Waals surface area contributed by atoms with Crippen molar-refractivity contribution in [3.8, 4) is 5.75 Å². The molecule has 0 bridgehead atoms. The van der Waals surface area contributed by atoms with Gasteiger partial charge in [-0.05, 0) is 25.5 Å². The number of hydrogen-bond donors (Lipinski definition) is 0. The molecule has 0 atom stereocenters. The lowest BCUT2D eigenvalue weighted by molar-refractivity contribution is 0.0781. The van der Waals surface area contributed by atoms with Crippen LogP contribution in [-0.2, 0) is 13.0 Å². The summed E-state index contributed by atoms with van der Waals surface area (Å²) in [6.45, 7) is 4.55. The van der Waals surface area contributed by atoms with Gasteiger partial charge in [0.2, 0.25) is 0 Å². The van der Waals surface area contributed by atoms with Gasteiger partial charge in [0.15, 0.2) is 11.6 Å². The number of carbonyl (C=O) groups is 1. The van der Waals surface area contributed by atoms with Gasteiger partial charge in [-0.1, -0.05) is 13.0 Å². The Bertz CT molecular complexity index is 657. The fourth-order valence-electron chi connectivity index (χ4n) is 2.06. The van der Waals surface area contributed by atoms with Crippen LogP contribution in [0.3, 0.4) is 0 Å². The molecule has 2 rings (SSSR count). The maximum atomic E-state index is 13.8. The lowest BCUT2D eigenvalue weighted by atomic mass is 10.1. The average Bonchev–Trinajstić information content (AvgIpc) is 2.96. The van der Waals surface area contributed by atoms with Gasteiger partial charge in [0, 0.05) is 18.1 Å². The first kappa shape index (κ1) is 16.4. The van der Waals surface area contributed by atoms with E-state index in [1.54, 1.807) is 42.5 Å². The van der Waals surface area contributed by atoms with Crippen molar-refractivity contribution in [1.29, 1.82) is 0 Å². The van der Waals surface area contributed by atoms with Gasteiger partial charge in [0.25, 0.3) is 5.91 Å². The molecule has 0 unspecified atom stereocenters. The van der Waals surface area contributed by atoms with Gasteiger partial charge < -0.3 is 9.64 Å². The van der Waals surface area contributed by atoms with E-state index in [0.717, 1.165) is 16.3 Å². The number of benzene rings is 1. The first-order valence-corrected chi connectivity index (χ1v) is 7.98. The highest BCUT2D eigenvalue weighted by molar-refractivity contribution is 7.11. The monoisotopic (exact) mass is 322 g/mol. The Morgan fingerprint density at radius 3 is 2.82 bits per heavy atom. The number of carbonyl (C=O) groups excluding carboxylic acids is 1. The van der Waals surface area contributed by atoms with Crippen molar-refractivity contribution in [2.75, 3.05) is 13.7 Å². The summed E-state index contributed by atoms with van der Waals surface area (Å²) in [6.07, 6.45) is 2.66. The average molecular weight is 322 g/mol. The van der Waals surface area contributed by atoms with Gasteiger partial charge in [0.1, 0.15) is 0 Å². The van der Waals surface area contributed by atoms with Gasteiger partial charge >= 0.3 is 0 Å². The molecule has 0 aliphatic carbocycles. The molecule has 1 aromatic carbocycles. The van der Waals surface area contributed by atoms with Crippen molar-refractivity contribution in [2.45, 2.75) is 26.8 Å². The number of nitrogens with zero attached hydrogens (tertiary/aromatic N) is 2. The summed E-state index contributed by atoms with van der Waals surface area (Å²) >= 11 is 1.58. The predicted octanol–water partition coefficient (Wildman–Crippen LogP) is 3.52. The molecule has 0 fully saturated rings. The fourth-order valence-corrected chi connectivity index (χ4v) is 2.98. The van der Waals surface area contributed by atoms with Crippen molar-refractivity contribution in [1.82, 2.24) is 9.88 Å². The molecule has 0 radical (unpaired) electrons. The number of amides is 1. The van der Waals surface area contributed by atoms with E-state index in [9.17, 15) is 9.18 Å². The Labute approximate surface area is 133 Å². The number of para-hydroxylation sites is 1. The van der Waals surface area contributed by atoms with Crippen LogP contribution in [0.25, 0.3) is 0 Å². The molecule has 1 amide bonds. The zero-order valence-corrected chi connectivity index (χ0v) is 13.7. The van der Waals surface area contributed by atoms with Crippen LogP contribution in [0, 0.1) is 5.82 Å². The molecule has 0 N–H and O–H groups in total. The maximum Gasteiger partial charge on any atom is 0.257 e. The summed E-state index contributed by atoms with van der Waals surface area (Å²) in [6, 6.07) is 4.39. The van der Waals surface area contributed by atoms with E-state index in [1.807, 2.05) is 6.92 Å². The summed E-state index contributed by atoms with van der Waals surface area (Å²) in [5.41, 5.74) is 0.240. The fraction of sp³-hybridized carbons (Fsp3) is 0.375. The third-order valence-electron chi connectivity index (χ3n) is 3.13. The van der Waals surface area contributed by atoms with Gasteiger partial charge in [-0.25, -0.2) is 9.37 Å². The lowest BCUT2D eigenvalue weighted by Gasteiger charge is -2.18. The van der Waals surface area contributed by atoms with Crippen molar-refractivity contribution in [2.24, 2.45) is 0 Å². The van der Waals surface area contributed by atoms with Gasteiger partial charge in [-0.15, -0.1) is 11.3 Å². The quantitative estimate of drug-likeness (QED) is 0.817. The molecule has 1 aromatic heterocycles. The highest BCUT2D eigenvalue weighted by Crippen LogP contribution is 2.25. The number of rotatable bonds is 6. The molecule has 0 spiro atoms. The number of thiazole rings is 1. The zero-order chi connectivity index (χ0) is 16.1. The van der Waals surface area contributed by atoms with Crippen molar-refractivity contribution in [3.05, 3.63) is 45.7 Å². The van der Waals surface area contributed by atoms with Crippen molar-refractivity contribution in [3.63, 3.8) is 0 Å². The Balaban J connectivity index is 2.18. The third kappa shape index (κ3) is 3.62. The number of hydrogen-bond acceptors (Lipinski definition) is 4. The Kier molecular flexibility index (Phi) is 5.49. The molecular weight excluding hydrogens is 303 g/mol. The van der Waals surface area contributed by atoms with E-state index < -0.39 is 5.82 Å². The topological polar surface area (TPSA) is 42.4 Å². The minimum Gasteiger partial charge on any atom is -0.490 e. The van der Waals surface area contributed by atoms with E-state index in [4.69, 9.17) is 4.74 Å². The standard InChI is InChI=1S/C16H19FN2O2S/c1-4-14-18-9-11(22-14)10-19(3)16(20)12-7-6-8-13(17)15(12)21-5-2/h6-9H,4-5,10H2,1-3H3. The van der Waals surface area contributed by atoms with E-state index in [-0.39, 0.29) is 17.2 Å². The molecule has 0 aliphatic heterocycles. The summed E-state index contributed by atoms with van der Waals surface area (Å²) in [4.78, 5) is 19.4. The zero-order valence-electron chi connectivity index (χ0n) is 12.9. The largest absolute Gasteiger partial charge is 0.490 e. The molecule has 0 saturated heterocycles. The first-order valence-electron chi connectivity index (χ1n) is 7.17. The van der Waals surface area contributed by atoms with Crippen molar-refractivity contribution < 1.29 is 13.9 Å². The molecule has 118 valence electrons. The first-order chi connectivity index (χ1) is 10.6. The van der Waals surface area contributed by atoms with Crippen LogP contribution in [-0.4, -0.2) is 29.4 Å². The number of ether oxygens (including phenoxy) is 1. The van der Waals surface area contributed by atoms with Crippen LogP contribution in [0.1, 0.15) is 34.1 Å². The van der Waals surface area contributed by atoms with Crippen molar-refractivity contribution >= 4 is 17.2 Å². The number of halogens is 1. The Hall–Kier alpha value is -1.95. The molecule has 22 heavy (non-hydrogen) atoms. The third-order valence-corrected chi connectivity index (χ3v) is 4.26. The molecule has 1 heterocycles. The normalized spacial score (nSPS) is 10.5. The molecule has 0 saturated carbocycles. The van der Waals surface area contributed by atoms with Crippen LogP contribution in [0.4, 0.5) is 4.39 Å². The second-order valence-corrected chi connectivity index (χ2v) is 5.98. The highest BCUT2D eigenvalue weighted by Gasteiger charge is 2.20. The Morgan fingerprint density at radius 2 is 2.18 bits per heavy atom. The highest BCUT2D eigenvalue weighted by atomic mass is 32.1. The molecule has 4 nitrogen and oxygen atoms in total. The van der Waals surface area contributed by atoms with Gasteiger partial charge in [-0.3, -0.25) is 4.79 Å². The predicted molar refractivity (Wildman–Crippen MR) is 84.9 cm³/mol. The van der Waals surface area contributed by atoms with Crippen LogP contribution in [0.15, 0.2) is 24.4 Å². The smallest absolute Gasteiger partial charge is 0.257 e. The number of aryl methyl sites for hydroxylation is 1. The molecule has 6 heteroatoms. The summed E-state index contributed by atoms with van der Waals surface area (Å²) in [5, 5.41) is 1.04. The second-order valence-electron chi connectivity index (χ2n) is 4.78. The maximum absolute atomic E-state index is 13.8. The van der Waals surface area contributed by atoms with Gasteiger partial charge in [0.05, 0.1) is 23.7 Å². The van der Waals surface area contributed by atoms with E-state index >= 15 is 0 Å². The van der Waals surface area contributed by atoms with E-state index in [1.165, 1.54) is 12.1 Å². The lowest BCUT2D eigenvalue weighted by Crippen LogP contribution is -2.26. The van der Waals surface area contributed by atoms with Crippen LogP contribution in [0.5, 0.6) is 5.75 Å². The minimum atomic E-state index is -0.521. The summed E-state index contributed by atoms with van der Waals surface area (Å²) < 4.78 is 19.1. The van der Waals surface area contributed by atoms with Crippen LogP contribution in [0.2, 0.25) is 0 Å². The molecule has 0 aliphatic rings. The molecular formula is C16H19FN2O2S. The second kappa shape index (κ2) is 7.35. The Morgan fingerprint density at radius 1 is 1.41 bits per heavy atom.